The third-order valence-electron chi connectivity index (χ3n) is 2.03. The van der Waals surface area contributed by atoms with Gasteiger partial charge in [0.15, 0.2) is 0 Å². The van der Waals surface area contributed by atoms with E-state index in [1.54, 1.807) is 0 Å². The molecule has 0 fully saturated rings. The first kappa shape index (κ1) is 14.8. The fourth-order valence-electron chi connectivity index (χ4n) is 1.29. The maximum atomic E-state index is 5.60. The molecule has 0 saturated carbocycles. The molecule has 0 bridgehead atoms. The van der Waals surface area contributed by atoms with Gasteiger partial charge in [-0.25, -0.2) is 0 Å². The van der Waals surface area contributed by atoms with Crippen molar-refractivity contribution in [2.45, 2.75) is 32.8 Å². The number of thioether (sulfide) groups is 1. The molecule has 1 rings (SSSR count). The fourth-order valence-corrected chi connectivity index (χ4v) is 1.78. The van der Waals surface area contributed by atoms with Crippen LogP contribution in [0.15, 0.2) is 0 Å². The van der Waals surface area contributed by atoms with Gasteiger partial charge in [0.1, 0.15) is 0 Å². The largest absolute Gasteiger partial charge is 0.461 e. The van der Waals surface area contributed by atoms with E-state index < -0.39 is 0 Å². The van der Waals surface area contributed by atoms with E-state index in [0.29, 0.717) is 5.95 Å². The van der Waals surface area contributed by atoms with E-state index in [1.165, 1.54) is 12.2 Å². The third-order valence-corrected chi connectivity index (χ3v) is 2.73. The minimum absolute atomic E-state index is 0.0150. The first-order chi connectivity index (χ1) is 8.61. The van der Waals surface area contributed by atoms with Gasteiger partial charge in [-0.2, -0.15) is 26.7 Å². The Morgan fingerprint density at radius 2 is 2.06 bits per heavy atom. The van der Waals surface area contributed by atoms with Crippen LogP contribution in [0.3, 0.4) is 0 Å². The van der Waals surface area contributed by atoms with Gasteiger partial charge in [0.2, 0.25) is 11.9 Å². The van der Waals surface area contributed by atoms with Crippen LogP contribution in [-0.4, -0.2) is 39.6 Å². The molecule has 1 aromatic heterocycles. The van der Waals surface area contributed by atoms with Gasteiger partial charge in [-0.15, -0.1) is 0 Å². The van der Waals surface area contributed by atoms with Crippen molar-refractivity contribution >= 4 is 23.7 Å². The van der Waals surface area contributed by atoms with E-state index in [1.807, 2.05) is 25.6 Å². The van der Waals surface area contributed by atoms with Gasteiger partial charge < -0.3 is 15.8 Å². The highest BCUT2D eigenvalue weighted by Crippen LogP contribution is 2.10. The number of ether oxygens (including phenoxy) is 1. The molecular weight excluding hydrogens is 250 g/mol. The van der Waals surface area contributed by atoms with Crippen molar-refractivity contribution in [3.63, 3.8) is 0 Å². The summed E-state index contributed by atoms with van der Waals surface area (Å²) in [5, 5.41) is 3.13. The van der Waals surface area contributed by atoms with E-state index in [-0.39, 0.29) is 18.1 Å². The molecule has 0 aliphatic carbocycles. The van der Waals surface area contributed by atoms with Crippen molar-refractivity contribution in [3.8, 4) is 6.01 Å². The lowest BCUT2D eigenvalue weighted by Gasteiger charge is -2.09. The molecule has 0 amide bonds. The molecule has 3 N–H and O–H groups in total. The van der Waals surface area contributed by atoms with E-state index >= 15 is 0 Å². The number of nitrogens with one attached hydrogen (secondary N) is 1. The predicted molar refractivity (Wildman–Crippen MR) is 76.1 cm³/mol. The van der Waals surface area contributed by atoms with Gasteiger partial charge in [-0.05, 0) is 38.7 Å². The first-order valence-corrected chi connectivity index (χ1v) is 7.42. The highest BCUT2D eigenvalue weighted by atomic mass is 32.2. The molecule has 0 aromatic carbocycles. The molecule has 0 radical (unpaired) electrons. The second kappa shape index (κ2) is 7.97. The number of unbranched alkanes of at least 4 members (excludes halogenated alkanes) is 1. The third kappa shape index (κ3) is 5.90. The summed E-state index contributed by atoms with van der Waals surface area (Å²) in [4.78, 5) is 12.1. The molecule has 0 atom stereocenters. The van der Waals surface area contributed by atoms with Crippen LogP contribution in [0, 0.1) is 0 Å². The van der Waals surface area contributed by atoms with E-state index in [9.17, 15) is 0 Å². The zero-order valence-corrected chi connectivity index (χ0v) is 12.0. The molecule has 6 nitrogen and oxygen atoms in total. The zero-order valence-electron chi connectivity index (χ0n) is 11.1. The molecule has 0 spiro atoms. The van der Waals surface area contributed by atoms with Gasteiger partial charge in [0, 0.05) is 6.54 Å². The summed E-state index contributed by atoms with van der Waals surface area (Å²) in [6.45, 7) is 4.65. The SMILES string of the molecule is CSCCCCNc1nc(N)nc(OC(C)C)n1. The Labute approximate surface area is 112 Å². The molecule has 0 aliphatic rings. The van der Waals surface area contributed by atoms with Gasteiger partial charge >= 0.3 is 6.01 Å². The van der Waals surface area contributed by atoms with Gasteiger partial charge in [-0.3, -0.25) is 0 Å². The number of hydrogen-bond acceptors (Lipinski definition) is 7. The van der Waals surface area contributed by atoms with Crippen LogP contribution < -0.4 is 15.8 Å². The highest BCUT2D eigenvalue weighted by molar-refractivity contribution is 7.98. The summed E-state index contributed by atoms with van der Waals surface area (Å²) in [6.07, 6.45) is 4.37. The summed E-state index contributed by atoms with van der Waals surface area (Å²) in [7, 11) is 0. The topological polar surface area (TPSA) is 86.0 Å². The summed E-state index contributed by atoms with van der Waals surface area (Å²) >= 11 is 1.85. The summed E-state index contributed by atoms with van der Waals surface area (Å²) in [6, 6.07) is 0.268. The number of rotatable bonds is 8. The highest BCUT2D eigenvalue weighted by Gasteiger charge is 2.06. The molecule has 18 heavy (non-hydrogen) atoms. The number of nitrogens with zero attached hydrogens (tertiary/aromatic N) is 3. The molecule has 0 unspecified atom stereocenters. The lowest BCUT2D eigenvalue weighted by atomic mass is 10.3. The Kier molecular flexibility index (Phi) is 6.56. The molecule has 1 aromatic rings. The van der Waals surface area contributed by atoms with Crippen molar-refractivity contribution in [2.75, 3.05) is 29.6 Å². The van der Waals surface area contributed by atoms with Crippen LogP contribution in [0.2, 0.25) is 0 Å². The second-order valence-electron chi connectivity index (χ2n) is 4.09. The van der Waals surface area contributed by atoms with Gasteiger partial charge in [-0.1, -0.05) is 0 Å². The quantitative estimate of drug-likeness (QED) is 0.697. The van der Waals surface area contributed by atoms with Crippen LogP contribution >= 0.6 is 11.8 Å². The van der Waals surface area contributed by atoms with Crippen LogP contribution in [0.25, 0.3) is 0 Å². The monoisotopic (exact) mass is 271 g/mol. The number of nitrogen functional groups attached to an aromatic ring is 1. The van der Waals surface area contributed by atoms with Gasteiger partial charge in [0.25, 0.3) is 0 Å². The lowest BCUT2D eigenvalue weighted by molar-refractivity contribution is 0.222. The average Bonchev–Trinajstić information content (AvgIpc) is 2.27. The molecule has 0 saturated heterocycles. The Balaban J connectivity index is 2.46. The minimum Gasteiger partial charge on any atom is -0.461 e. The Bertz CT molecular complexity index is 361. The van der Waals surface area contributed by atoms with E-state index in [2.05, 4.69) is 26.5 Å². The lowest BCUT2D eigenvalue weighted by Crippen LogP contribution is -2.13. The normalized spacial score (nSPS) is 10.7. The zero-order chi connectivity index (χ0) is 13.4. The van der Waals surface area contributed by atoms with Crippen molar-refractivity contribution in [1.82, 2.24) is 15.0 Å². The molecule has 1 heterocycles. The molecule has 102 valence electrons. The Morgan fingerprint density at radius 3 is 2.72 bits per heavy atom. The summed E-state index contributed by atoms with van der Waals surface area (Å²) in [5.74, 6) is 1.82. The molecular formula is C11H21N5OS. The van der Waals surface area contributed by atoms with Crippen molar-refractivity contribution < 1.29 is 4.74 Å². The average molecular weight is 271 g/mol. The summed E-state index contributed by atoms with van der Waals surface area (Å²) < 4.78 is 5.39. The number of aromatic nitrogens is 3. The first-order valence-electron chi connectivity index (χ1n) is 6.03. The minimum atomic E-state index is 0.0150. The van der Waals surface area contributed by atoms with Crippen LogP contribution in [0.1, 0.15) is 26.7 Å². The fraction of sp³-hybridized carbons (Fsp3) is 0.727. The van der Waals surface area contributed by atoms with Crippen molar-refractivity contribution in [3.05, 3.63) is 0 Å². The van der Waals surface area contributed by atoms with E-state index in [0.717, 1.165) is 13.0 Å². The Morgan fingerprint density at radius 1 is 1.28 bits per heavy atom. The number of nitrogens with two attached hydrogens (primary N) is 1. The maximum Gasteiger partial charge on any atom is 0.323 e. The maximum absolute atomic E-state index is 5.60. The molecule has 7 heteroatoms. The number of anilines is 2. The van der Waals surface area contributed by atoms with E-state index in [4.69, 9.17) is 10.5 Å². The Hall–Kier alpha value is -1.24. The standard InChI is InChI=1S/C11H21N5OS/c1-8(2)17-11-15-9(12)14-10(16-11)13-6-4-5-7-18-3/h8H,4-7H2,1-3H3,(H3,12,13,14,15,16). The number of hydrogen-bond donors (Lipinski definition) is 2. The van der Waals surface area contributed by atoms with Crippen LogP contribution in [0.5, 0.6) is 6.01 Å². The van der Waals surface area contributed by atoms with Crippen LogP contribution in [0.4, 0.5) is 11.9 Å². The summed E-state index contributed by atoms with van der Waals surface area (Å²) in [5.41, 5.74) is 5.60. The van der Waals surface area contributed by atoms with Crippen molar-refractivity contribution in [2.24, 2.45) is 0 Å². The molecule has 0 aliphatic heterocycles. The predicted octanol–water partition coefficient (Wildman–Crippen LogP) is 1.80. The second-order valence-corrected chi connectivity index (χ2v) is 5.08. The smallest absolute Gasteiger partial charge is 0.323 e. The van der Waals surface area contributed by atoms with Crippen molar-refractivity contribution in [1.29, 1.82) is 0 Å². The van der Waals surface area contributed by atoms with Crippen LogP contribution in [-0.2, 0) is 0 Å². The van der Waals surface area contributed by atoms with Gasteiger partial charge in [0.05, 0.1) is 6.10 Å².